The van der Waals surface area contributed by atoms with Crippen molar-refractivity contribution in [3.8, 4) is 11.5 Å². The van der Waals surface area contributed by atoms with E-state index in [1.807, 2.05) is 13.8 Å². The summed E-state index contributed by atoms with van der Waals surface area (Å²) in [5.74, 6) is 2.28. The molecule has 0 aliphatic heterocycles. The average molecular weight is 405 g/mol. The molecule has 2 aromatic carbocycles. The van der Waals surface area contributed by atoms with E-state index in [1.54, 1.807) is 0 Å². The predicted octanol–water partition coefficient (Wildman–Crippen LogP) is 6.24. The highest BCUT2D eigenvalue weighted by Crippen LogP contribution is 2.37. The second-order valence-corrected chi connectivity index (χ2v) is 7.03. The highest BCUT2D eigenvalue weighted by Gasteiger charge is 2.21. The van der Waals surface area contributed by atoms with E-state index in [0.717, 1.165) is 16.8 Å². The number of benzene rings is 2. The van der Waals surface area contributed by atoms with Crippen LogP contribution in [-0.2, 0) is 0 Å². The van der Waals surface area contributed by atoms with E-state index < -0.39 is 0 Å². The second kappa shape index (κ2) is 8.75. The molecule has 0 atom stereocenters. The van der Waals surface area contributed by atoms with Crippen molar-refractivity contribution < 1.29 is 9.47 Å². The van der Waals surface area contributed by atoms with E-state index in [9.17, 15) is 0 Å². The van der Waals surface area contributed by atoms with Gasteiger partial charge in [0.05, 0.1) is 13.2 Å². The molecule has 0 saturated carbocycles. The lowest BCUT2D eigenvalue weighted by Crippen LogP contribution is -2.10. The quantitative estimate of drug-likeness (QED) is 0.508. The Morgan fingerprint density at radius 3 is 1.44 bits per heavy atom. The molecule has 25 heavy (non-hydrogen) atoms. The van der Waals surface area contributed by atoms with Gasteiger partial charge in [0.15, 0.2) is 0 Å². The van der Waals surface area contributed by atoms with Crippen LogP contribution in [0.3, 0.4) is 0 Å². The summed E-state index contributed by atoms with van der Waals surface area (Å²) in [5.41, 5.74) is 7.77. The van der Waals surface area contributed by atoms with Crippen molar-refractivity contribution in [2.75, 3.05) is 18.5 Å². The fourth-order valence-corrected chi connectivity index (χ4v) is 4.04. The lowest BCUT2D eigenvalue weighted by molar-refractivity contribution is 0.337. The number of alkyl halides is 1. The van der Waals surface area contributed by atoms with Gasteiger partial charge >= 0.3 is 0 Å². The Hall–Kier alpha value is -1.48. The maximum absolute atomic E-state index is 5.75. The van der Waals surface area contributed by atoms with Crippen molar-refractivity contribution in [1.82, 2.24) is 0 Å². The van der Waals surface area contributed by atoms with E-state index in [-0.39, 0.29) is 0 Å². The molecule has 0 spiro atoms. The largest absolute Gasteiger partial charge is 0.494 e. The molecule has 0 amide bonds. The Morgan fingerprint density at radius 1 is 0.720 bits per heavy atom. The number of hydrogen-bond acceptors (Lipinski definition) is 2. The minimum Gasteiger partial charge on any atom is -0.494 e. The molecular formula is C22H29BrO2. The zero-order chi connectivity index (χ0) is 18.6. The molecule has 0 aliphatic carbocycles. The van der Waals surface area contributed by atoms with Gasteiger partial charge in [0.1, 0.15) is 11.5 Å². The molecule has 0 bridgehead atoms. The Labute approximate surface area is 160 Å². The molecule has 0 heterocycles. The maximum Gasteiger partial charge on any atom is 0.122 e. The summed E-state index contributed by atoms with van der Waals surface area (Å²) in [4.78, 5) is 0. The van der Waals surface area contributed by atoms with E-state index >= 15 is 0 Å². The van der Waals surface area contributed by atoms with Crippen molar-refractivity contribution in [3.05, 3.63) is 57.6 Å². The first-order valence-electron chi connectivity index (χ1n) is 8.97. The van der Waals surface area contributed by atoms with Gasteiger partial charge in [-0.1, -0.05) is 28.1 Å². The van der Waals surface area contributed by atoms with Gasteiger partial charge in [0, 0.05) is 11.2 Å². The van der Waals surface area contributed by atoms with Crippen LogP contribution in [0.1, 0.15) is 53.1 Å². The smallest absolute Gasteiger partial charge is 0.122 e. The van der Waals surface area contributed by atoms with Gasteiger partial charge in [-0.15, -0.1) is 0 Å². The SMILES string of the molecule is CCOc1ccc(C(CBr)c2ccc(OCC)c(C)c2C)c(C)c1C. The molecule has 2 rings (SSSR count). The summed E-state index contributed by atoms with van der Waals surface area (Å²) in [5, 5.41) is 0.884. The van der Waals surface area contributed by atoms with Gasteiger partial charge in [-0.2, -0.15) is 0 Å². The highest BCUT2D eigenvalue weighted by atomic mass is 79.9. The van der Waals surface area contributed by atoms with Gasteiger partial charge in [0.2, 0.25) is 0 Å². The highest BCUT2D eigenvalue weighted by molar-refractivity contribution is 9.09. The van der Waals surface area contributed by atoms with E-state index in [4.69, 9.17) is 9.47 Å². The summed E-state index contributed by atoms with van der Waals surface area (Å²) in [6.45, 7) is 14.1. The fraction of sp³-hybridized carbons (Fsp3) is 0.455. The van der Waals surface area contributed by atoms with Crippen LogP contribution < -0.4 is 9.47 Å². The first kappa shape index (κ1) is 19.8. The third-order valence-corrected chi connectivity index (χ3v) is 5.71. The van der Waals surface area contributed by atoms with Crippen molar-refractivity contribution in [2.24, 2.45) is 0 Å². The molecule has 0 aliphatic rings. The molecule has 0 unspecified atom stereocenters. The lowest BCUT2D eigenvalue weighted by atomic mass is 9.85. The molecule has 136 valence electrons. The zero-order valence-electron chi connectivity index (χ0n) is 16.2. The molecule has 0 fully saturated rings. The Bertz CT molecular complexity index is 676. The molecular weight excluding hydrogens is 376 g/mol. The monoisotopic (exact) mass is 404 g/mol. The van der Waals surface area contributed by atoms with Crippen molar-refractivity contribution in [3.63, 3.8) is 0 Å². The molecule has 0 aromatic heterocycles. The zero-order valence-corrected chi connectivity index (χ0v) is 17.8. The van der Waals surface area contributed by atoms with Crippen LogP contribution in [0.15, 0.2) is 24.3 Å². The molecule has 3 heteroatoms. The molecule has 2 aromatic rings. The third-order valence-electron chi connectivity index (χ3n) is 5.06. The van der Waals surface area contributed by atoms with Crippen LogP contribution in [0.4, 0.5) is 0 Å². The summed E-state index contributed by atoms with van der Waals surface area (Å²) in [6, 6.07) is 8.64. The Kier molecular flexibility index (Phi) is 6.95. The van der Waals surface area contributed by atoms with Crippen LogP contribution in [0.25, 0.3) is 0 Å². The van der Waals surface area contributed by atoms with E-state index in [1.165, 1.54) is 33.4 Å². The molecule has 2 nitrogen and oxygen atoms in total. The van der Waals surface area contributed by atoms with Gasteiger partial charge in [-0.25, -0.2) is 0 Å². The van der Waals surface area contributed by atoms with Crippen LogP contribution in [0.5, 0.6) is 11.5 Å². The van der Waals surface area contributed by atoms with Gasteiger partial charge in [-0.3, -0.25) is 0 Å². The number of rotatable bonds is 7. The van der Waals surface area contributed by atoms with E-state index in [0.29, 0.717) is 19.1 Å². The van der Waals surface area contributed by atoms with Gasteiger partial charge < -0.3 is 9.47 Å². The topological polar surface area (TPSA) is 18.5 Å². The predicted molar refractivity (Wildman–Crippen MR) is 110 cm³/mol. The normalized spacial score (nSPS) is 11.0. The van der Waals surface area contributed by atoms with Crippen LogP contribution >= 0.6 is 15.9 Å². The fourth-order valence-electron chi connectivity index (χ4n) is 3.35. The molecule has 0 saturated heterocycles. The number of halogens is 1. The van der Waals surface area contributed by atoms with Gasteiger partial charge in [-0.05, 0) is 87.1 Å². The van der Waals surface area contributed by atoms with Crippen LogP contribution in [0.2, 0.25) is 0 Å². The average Bonchev–Trinajstić information content (AvgIpc) is 2.60. The molecule has 0 radical (unpaired) electrons. The minimum atomic E-state index is 0.309. The third kappa shape index (κ3) is 4.03. The van der Waals surface area contributed by atoms with E-state index in [2.05, 4.69) is 67.9 Å². The first-order chi connectivity index (χ1) is 12.0. The first-order valence-corrected chi connectivity index (χ1v) is 10.1. The minimum absolute atomic E-state index is 0.309. The summed E-state index contributed by atoms with van der Waals surface area (Å²) < 4.78 is 11.5. The standard InChI is InChI=1S/C22H29BrO2/c1-7-24-21-11-9-18(14(3)16(21)5)20(13-23)19-10-12-22(25-8-2)17(6)15(19)4/h9-12,20H,7-8,13H2,1-6H3. The van der Waals surface area contributed by atoms with Crippen molar-refractivity contribution in [1.29, 1.82) is 0 Å². The van der Waals surface area contributed by atoms with Crippen molar-refractivity contribution in [2.45, 2.75) is 47.5 Å². The second-order valence-electron chi connectivity index (χ2n) is 6.38. The number of ether oxygens (including phenoxy) is 2. The molecule has 0 N–H and O–H groups in total. The van der Waals surface area contributed by atoms with Gasteiger partial charge in [0.25, 0.3) is 0 Å². The Morgan fingerprint density at radius 2 is 1.12 bits per heavy atom. The lowest BCUT2D eigenvalue weighted by Gasteiger charge is -2.24. The summed E-state index contributed by atoms with van der Waals surface area (Å²) in [6.07, 6.45) is 0. The maximum atomic E-state index is 5.75. The van der Waals surface area contributed by atoms with Crippen LogP contribution in [0, 0.1) is 27.7 Å². The Balaban J connectivity index is 2.51. The summed E-state index contributed by atoms with van der Waals surface area (Å²) >= 11 is 3.74. The van der Waals surface area contributed by atoms with Crippen molar-refractivity contribution >= 4 is 15.9 Å². The number of hydrogen-bond donors (Lipinski definition) is 0. The van der Waals surface area contributed by atoms with Crippen LogP contribution in [-0.4, -0.2) is 18.5 Å². The summed E-state index contributed by atoms with van der Waals surface area (Å²) in [7, 11) is 0.